The molecule has 1 aliphatic carbocycles. The molecular formula is C26H22F7N7O2. The van der Waals surface area contributed by atoms with Crippen LogP contribution in [0.3, 0.4) is 0 Å². The first-order valence-electron chi connectivity index (χ1n) is 12.7. The second kappa shape index (κ2) is 11.1. The fourth-order valence-corrected chi connectivity index (χ4v) is 5.26. The SMILES string of the molecule is Nc1nc(-c2cc3ccn(CC4CCC[C@H](Nc5cn[nH]c(=O)c5C(F)(F)F)C4)c(=O)c3c(F)c2F)ncc1C(F)F. The normalized spacial score (nSPS) is 17.6. The molecule has 9 nitrogen and oxygen atoms in total. The van der Waals surface area contributed by atoms with Gasteiger partial charge in [-0.05, 0) is 42.7 Å². The Kier molecular flexibility index (Phi) is 7.64. The lowest BCUT2D eigenvalue weighted by molar-refractivity contribution is -0.138. The van der Waals surface area contributed by atoms with Gasteiger partial charge in [-0.1, -0.05) is 6.42 Å². The first-order chi connectivity index (χ1) is 19.8. The molecule has 4 N–H and O–H groups in total. The number of nitrogens with one attached hydrogen (secondary N) is 2. The number of H-pyrrole nitrogens is 1. The zero-order chi connectivity index (χ0) is 30.3. The van der Waals surface area contributed by atoms with Crippen molar-refractivity contribution in [1.82, 2.24) is 24.7 Å². The number of nitrogens with two attached hydrogens (primary N) is 1. The average Bonchev–Trinajstić information content (AvgIpc) is 2.91. The highest BCUT2D eigenvalue weighted by Crippen LogP contribution is 2.35. The van der Waals surface area contributed by atoms with Crippen LogP contribution in [0.4, 0.5) is 42.2 Å². The number of benzene rings is 1. The first-order valence-corrected chi connectivity index (χ1v) is 12.7. The van der Waals surface area contributed by atoms with Gasteiger partial charge in [0.25, 0.3) is 17.5 Å². The zero-order valence-corrected chi connectivity index (χ0v) is 21.5. The van der Waals surface area contributed by atoms with Crippen molar-refractivity contribution in [2.24, 2.45) is 5.92 Å². The maximum Gasteiger partial charge on any atom is 0.423 e. The number of halogens is 7. The van der Waals surface area contributed by atoms with E-state index in [0.717, 1.165) is 12.3 Å². The van der Waals surface area contributed by atoms with Crippen molar-refractivity contribution in [3.8, 4) is 11.4 Å². The fraction of sp³-hybridized carbons (Fsp3) is 0.346. The van der Waals surface area contributed by atoms with E-state index in [9.17, 15) is 31.5 Å². The molecule has 1 unspecified atom stereocenters. The summed E-state index contributed by atoms with van der Waals surface area (Å²) in [5, 5.41) is 7.43. The molecule has 0 amide bonds. The van der Waals surface area contributed by atoms with Crippen LogP contribution in [0.5, 0.6) is 0 Å². The molecule has 3 aromatic heterocycles. The number of hydrogen-bond donors (Lipinski definition) is 3. The number of aromatic nitrogens is 5. The van der Waals surface area contributed by atoms with E-state index in [-0.39, 0.29) is 17.8 Å². The number of aromatic amines is 1. The molecule has 1 fully saturated rings. The number of rotatable bonds is 6. The zero-order valence-electron chi connectivity index (χ0n) is 21.5. The Hall–Kier alpha value is -4.50. The predicted molar refractivity (Wildman–Crippen MR) is 138 cm³/mol. The molecule has 3 heterocycles. The number of alkyl halides is 5. The highest BCUT2D eigenvalue weighted by atomic mass is 19.4. The Morgan fingerprint density at radius 3 is 2.60 bits per heavy atom. The molecule has 0 saturated heterocycles. The number of pyridine rings is 1. The van der Waals surface area contributed by atoms with Crippen LogP contribution in [0.15, 0.2) is 40.3 Å². The van der Waals surface area contributed by atoms with Crippen LogP contribution in [0, 0.1) is 17.6 Å². The summed E-state index contributed by atoms with van der Waals surface area (Å²) in [6, 6.07) is 2.02. The Morgan fingerprint density at radius 2 is 1.90 bits per heavy atom. The second-order valence-corrected chi connectivity index (χ2v) is 9.98. The van der Waals surface area contributed by atoms with E-state index in [1.165, 1.54) is 16.8 Å². The molecule has 1 aliphatic rings. The summed E-state index contributed by atoms with van der Waals surface area (Å²) in [6.07, 6.45) is -2.85. The van der Waals surface area contributed by atoms with Crippen molar-refractivity contribution < 1.29 is 30.7 Å². The maximum absolute atomic E-state index is 15.2. The molecule has 0 spiro atoms. The Balaban J connectivity index is 1.40. The van der Waals surface area contributed by atoms with Crippen LogP contribution in [-0.2, 0) is 12.7 Å². The van der Waals surface area contributed by atoms with Crippen molar-refractivity contribution in [3.63, 3.8) is 0 Å². The van der Waals surface area contributed by atoms with Crippen LogP contribution in [0.25, 0.3) is 22.2 Å². The molecule has 42 heavy (non-hydrogen) atoms. The molecule has 0 bridgehead atoms. The predicted octanol–water partition coefficient (Wildman–Crippen LogP) is 5.03. The fourth-order valence-electron chi connectivity index (χ4n) is 5.26. The molecule has 0 radical (unpaired) electrons. The summed E-state index contributed by atoms with van der Waals surface area (Å²) >= 11 is 0. The highest BCUT2D eigenvalue weighted by Gasteiger charge is 2.38. The second-order valence-electron chi connectivity index (χ2n) is 9.98. The van der Waals surface area contributed by atoms with Crippen LogP contribution in [0.2, 0.25) is 0 Å². The first kappa shape index (κ1) is 29.0. The van der Waals surface area contributed by atoms with Gasteiger partial charge in [0.1, 0.15) is 11.4 Å². The summed E-state index contributed by atoms with van der Waals surface area (Å²) < 4.78 is 97.7. The minimum absolute atomic E-state index is 0.00919. The standard InChI is InChI=1S/C26H22F7N7O2/c27-19-14(23-35-8-15(21(29)30)22(34)38-23)7-12-4-5-40(25(42)17(12)20(19)28)10-11-2-1-3-13(6-11)37-16-9-36-39-24(41)18(16)26(31,32)33/h4-5,7-9,11,13,21H,1-3,6,10H2,(H2,34,35,38)(H2,37,39,41)/t11?,13-/m0/s1. The van der Waals surface area contributed by atoms with Gasteiger partial charge in [-0.2, -0.15) is 18.3 Å². The highest BCUT2D eigenvalue weighted by molar-refractivity contribution is 5.86. The lowest BCUT2D eigenvalue weighted by Gasteiger charge is -2.31. The van der Waals surface area contributed by atoms with Crippen molar-refractivity contribution in [1.29, 1.82) is 0 Å². The van der Waals surface area contributed by atoms with Gasteiger partial charge < -0.3 is 15.6 Å². The van der Waals surface area contributed by atoms with Gasteiger partial charge in [-0.15, -0.1) is 0 Å². The third-order valence-electron chi connectivity index (χ3n) is 7.21. The smallest absolute Gasteiger partial charge is 0.383 e. The van der Waals surface area contributed by atoms with E-state index in [4.69, 9.17) is 5.73 Å². The summed E-state index contributed by atoms with van der Waals surface area (Å²) in [7, 11) is 0. The molecule has 16 heteroatoms. The third-order valence-corrected chi connectivity index (χ3v) is 7.21. The number of hydrogen-bond acceptors (Lipinski definition) is 7. The molecule has 4 aromatic rings. The number of anilines is 2. The molecule has 1 aromatic carbocycles. The Labute approximate surface area is 231 Å². The lowest BCUT2D eigenvalue weighted by Crippen LogP contribution is -2.33. The van der Waals surface area contributed by atoms with Gasteiger partial charge in [-0.25, -0.2) is 32.6 Å². The van der Waals surface area contributed by atoms with Crippen LogP contribution >= 0.6 is 0 Å². The number of fused-ring (bicyclic) bond motifs is 1. The minimum Gasteiger partial charge on any atom is -0.383 e. The third kappa shape index (κ3) is 5.52. The van der Waals surface area contributed by atoms with Crippen molar-refractivity contribution in [2.75, 3.05) is 11.1 Å². The molecule has 222 valence electrons. The van der Waals surface area contributed by atoms with Gasteiger partial charge in [0, 0.05) is 25.0 Å². The van der Waals surface area contributed by atoms with E-state index in [0.29, 0.717) is 31.9 Å². The van der Waals surface area contributed by atoms with Gasteiger partial charge in [0.2, 0.25) is 0 Å². The average molecular weight is 597 g/mol. The van der Waals surface area contributed by atoms with Crippen molar-refractivity contribution in [2.45, 2.75) is 50.9 Å². The summed E-state index contributed by atoms with van der Waals surface area (Å²) in [6.45, 7) is 0.0737. The van der Waals surface area contributed by atoms with Gasteiger partial charge in [0.15, 0.2) is 17.5 Å². The number of nitrogen functional groups attached to an aromatic ring is 1. The molecule has 0 aliphatic heterocycles. The molecule has 5 rings (SSSR count). The Bertz CT molecular complexity index is 1770. The number of nitrogens with zero attached hydrogens (tertiary/aromatic N) is 4. The Morgan fingerprint density at radius 1 is 1.14 bits per heavy atom. The van der Waals surface area contributed by atoms with Crippen molar-refractivity contribution in [3.05, 3.63) is 74.2 Å². The van der Waals surface area contributed by atoms with Crippen LogP contribution in [-0.4, -0.2) is 30.8 Å². The van der Waals surface area contributed by atoms with E-state index in [1.807, 2.05) is 0 Å². The quantitative estimate of drug-likeness (QED) is 0.266. The van der Waals surface area contributed by atoms with Gasteiger partial charge in [0.05, 0.1) is 28.4 Å². The van der Waals surface area contributed by atoms with E-state index in [1.54, 1.807) is 5.10 Å². The molecule has 1 saturated carbocycles. The summed E-state index contributed by atoms with van der Waals surface area (Å²) in [5.74, 6) is -4.20. The lowest BCUT2D eigenvalue weighted by atomic mass is 9.85. The topological polar surface area (TPSA) is 132 Å². The minimum atomic E-state index is -4.90. The molecule has 2 atom stereocenters. The van der Waals surface area contributed by atoms with Gasteiger partial charge >= 0.3 is 6.18 Å². The maximum atomic E-state index is 15.2. The van der Waals surface area contributed by atoms with Crippen LogP contribution < -0.4 is 22.2 Å². The van der Waals surface area contributed by atoms with Gasteiger partial charge in [-0.3, -0.25) is 9.59 Å². The largest absolute Gasteiger partial charge is 0.423 e. The summed E-state index contributed by atoms with van der Waals surface area (Å²) in [4.78, 5) is 32.3. The van der Waals surface area contributed by atoms with E-state index < -0.39 is 80.8 Å². The van der Waals surface area contributed by atoms with E-state index >= 15 is 8.78 Å². The monoisotopic (exact) mass is 597 g/mol. The van der Waals surface area contributed by atoms with Crippen molar-refractivity contribution >= 4 is 22.3 Å². The molecular weight excluding hydrogens is 575 g/mol. The van der Waals surface area contributed by atoms with Crippen LogP contribution in [0.1, 0.15) is 43.2 Å². The van der Waals surface area contributed by atoms with E-state index in [2.05, 4.69) is 20.4 Å². The summed E-state index contributed by atoms with van der Waals surface area (Å²) in [5.41, 5.74) is 0.308.